The number of hydrogen-bond donors (Lipinski definition) is 1. The van der Waals surface area contributed by atoms with Crippen molar-refractivity contribution in [2.45, 2.75) is 25.0 Å². The van der Waals surface area contributed by atoms with E-state index in [1.807, 2.05) is 6.26 Å². The van der Waals surface area contributed by atoms with Gasteiger partial charge in [-0.3, -0.25) is 0 Å². The molecule has 2 aliphatic rings. The summed E-state index contributed by atoms with van der Waals surface area (Å²) in [5.41, 5.74) is 5.34. The molecule has 0 aromatic heterocycles. The summed E-state index contributed by atoms with van der Waals surface area (Å²) in [6.07, 6.45) is 4.26. The number of nitrogens with zero attached hydrogens (tertiary/aromatic N) is 2. The highest BCUT2D eigenvalue weighted by Gasteiger charge is 2.39. The van der Waals surface area contributed by atoms with Crippen LogP contribution in [-0.2, 0) is 4.74 Å². The highest BCUT2D eigenvalue weighted by atomic mass is 32.2. The van der Waals surface area contributed by atoms with Crippen LogP contribution < -0.4 is 5.32 Å². The summed E-state index contributed by atoms with van der Waals surface area (Å²) in [7, 11) is 0. The Labute approximate surface area is 158 Å². The molecule has 5 heteroatoms. The van der Waals surface area contributed by atoms with E-state index in [1.165, 1.54) is 23.1 Å². The number of fused-ring (bicyclic) bond motifs is 3. The minimum absolute atomic E-state index is 0.107. The number of rotatable bonds is 4. The molecule has 0 saturated carbocycles. The zero-order chi connectivity index (χ0) is 17.9. The fourth-order valence-corrected chi connectivity index (χ4v) is 4.17. The first kappa shape index (κ1) is 17.3. The lowest BCUT2D eigenvalue weighted by atomic mass is 9.77. The van der Waals surface area contributed by atoms with Crippen LogP contribution in [0.1, 0.15) is 41.7 Å². The van der Waals surface area contributed by atoms with E-state index in [0.29, 0.717) is 11.6 Å². The summed E-state index contributed by atoms with van der Waals surface area (Å²) in [6, 6.07) is 17.3. The summed E-state index contributed by atoms with van der Waals surface area (Å²) in [5.74, 6) is 0.426. The molecule has 26 heavy (non-hydrogen) atoms. The molecule has 0 aliphatic carbocycles. The van der Waals surface area contributed by atoms with Crippen molar-refractivity contribution in [3.8, 4) is 0 Å². The second-order valence-electron chi connectivity index (χ2n) is 6.74. The lowest BCUT2D eigenvalue weighted by Crippen LogP contribution is -2.36. The molecule has 0 amide bonds. The largest absolute Gasteiger partial charge is 0.378 e. The van der Waals surface area contributed by atoms with Gasteiger partial charge in [-0.25, -0.2) is 0 Å². The van der Waals surface area contributed by atoms with Crippen molar-refractivity contribution in [2.75, 3.05) is 18.2 Å². The molecule has 0 radical (unpaired) electrons. The van der Waals surface area contributed by atoms with Crippen molar-refractivity contribution in [1.29, 1.82) is 0 Å². The molecule has 0 spiro atoms. The fourth-order valence-electron chi connectivity index (χ4n) is 3.99. The Balaban J connectivity index is 1.71. The molecule has 2 aromatic rings. The van der Waals surface area contributed by atoms with Gasteiger partial charge in [-0.2, -0.15) is 0 Å². The second kappa shape index (κ2) is 7.64. The SMILES string of the molecule is C=C(N=NSC)c1ccc2c(c1)C1OCCCC1C(c1ccccc1)N2. The third kappa shape index (κ3) is 3.29. The zero-order valence-electron chi connectivity index (χ0n) is 14.9. The number of hydrogen-bond acceptors (Lipinski definition) is 5. The van der Waals surface area contributed by atoms with Crippen LogP contribution >= 0.6 is 11.9 Å². The van der Waals surface area contributed by atoms with Gasteiger partial charge in [0.2, 0.25) is 0 Å². The molecule has 2 heterocycles. The smallest absolute Gasteiger partial charge is 0.0896 e. The van der Waals surface area contributed by atoms with Gasteiger partial charge in [0.1, 0.15) is 0 Å². The molecule has 3 unspecified atom stereocenters. The van der Waals surface area contributed by atoms with Crippen LogP contribution in [0.2, 0.25) is 0 Å². The van der Waals surface area contributed by atoms with Crippen LogP contribution in [0.5, 0.6) is 0 Å². The topological polar surface area (TPSA) is 46.0 Å². The molecule has 0 bridgehead atoms. The van der Waals surface area contributed by atoms with E-state index in [1.54, 1.807) is 0 Å². The first-order valence-electron chi connectivity index (χ1n) is 8.98. The van der Waals surface area contributed by atoms with Crippen molar-refractivity contribution in [3.05, 3.63) is 71.8 Å². The average molecular weight is 366 g/mol. The first-order chi connectivity index (χ1) is 12.8. The minimum atomic E-state index is 0.107. The van der Waals surface area contributed by atoms with Crippen molar-refractivity contribution < 1.29 is 4.74 Å². The normalized spacial score (nSPS) is 24.6. The van der Waals surface area contributed by atoms with Gasteiger partial charge in [-0.05, 0) is 42.5 Å². The van der Waals surface area contributed by atoms with E-state index in [0.717, 1.165) is 30.7 Å². The van der Waals surface area contributed by atoms with Crippen molar-refractivity contribution in [1.82, 2.24) is 0 Å². The molecule has 3 atom stereocenters. The van der Waals surface area contributed by atoms with E-state index in [2.05, 4.69) is 70.1 Å². The highest BCUT2D eigenvalue weighted by molar-refractivity contribution is 7.97. The first-order valence-corrected chi connectivity index (χ1v) is 10.2. The van der Waals surface area contributed by atoms with Gasteiger partial charge in [0.05, 0.1) is 17.8 Å². The minimum Gasteiger partial charge on any atom is -0.378 e. The van der Waals surface area contributed by atoms with Gasteiger partial charge < -0.3 is 10.1 Å². The standard InChI is InChI=1S/C21H23N3OS/c1-14(23-24-26-2)16-10-11-19-18(13-16)21-17(9-6-12-25-21)20(22-19)15-7-4-3-5-8-15/h3-5,7-8,10-11,13,17,20-22H,1,6,9,12H2,2H3. The maximum atomic E-state index is 6.25. The summed E-state index contributed by atoms with van der Waals surface area (Å²) in [5, 5.41) is 7.91. The molecule has 134 valence electrons. The Morgan fingerprint density at radius 1 is 1.23 bits per heavy atom. The molecule has 1 fully saturated rings. The third-order valence-corrected chi connectivity index (χ3v) is 5.45. The molecular formula is C21H23N3OS. The van der Waals surface area contributed by atoms with Gasteiger partial charge >= 0.3 is 0 Å². The third-order valence-electron chi connectivity index (χ3n) is 5.20. The molecule has 1 saturated heterocycles. The van der Waals surface area contributed by atoms with Crippen LogP contribution in [0.4, 0.5) is 5.69 Å². The average Bonchev–Trinajstić information content (AvgIpc) is 2.71. The van der Waals surface area contributed by atoms with E-state index < -0.39 is 0 Å². The molecule has 4 nitrogen and oxygen atoms in total. The van der Waals surface area contributed by atoms with Gasteiger partial charge in [0.25, 0.3) is 0 Å². The highest BCUT2D eigenvalue weighted by Crippen LogP contribution is 2.49. The quantitative estimate of drug-likeness (QED) is 0.532. The van der Waals surface area contributed by atoms with Gasteiger partial charge in [0.15, 0.2) is 0 Å². The van der Waals surface area contributed by atoms with Crippen LogP contribution in [0.25, 0.3) is 5.70 Å². The van der Waals surface area contributed by atoms with E-state index in [9.17, 15) is 0 Å². The van der Waals surface area contributed by atoms with Crippen molar-refractivity contribution in [3.63, 3.8) is 0 Å². The number of anilines is 1. The maximum absolute atomic E-state index is 6.25. The van der Waals surface area contributed by atoms with E-state index in [4.69, 9.17) is 4.74 Å². The van der Waals surface area contributed by atoms with Gasteiger partial charge in [-0.1, -0.05) is 43.0 Å². The summed E-state index contributed by atoms with van der Waals surface area (Å²) < 4.78 is 10.2. The Hall–Kier alpha value is -2.11. The monoisotopic (exact) mass is 365 g/mol. The molecule has 1 N–H and O–H groups in total. The van der Waals surface area contributed by atoms with Gasteiger partial charge in [-0.15, -0.1) is 9.63 Å². The Kier molecular flexibility index (Phi) is 5.09. The Morgan fingerprint density at radius 3 is 2.88 bits per heavy atom. The van der Waals surface area contributed by atoms with Crippen LogP contribution in [0.3, 0.4) is 0 Å². The number of nitrogens with one attached hydrogen (secondary N) is 1. The van der Waals surface area contributed by atoms with Crippen LogP contribution in [-0.4, -0.2) is 12.9 Å². The Morgan fingerprint density at radius 2 is 2.08 bits per heavy atom. The fraction of sp³-hybridized carbons (Fsp3) is 0.333. The summed E-state index contributed by atoms with van der Waals surface area (Å²) >= 11 is 1.33. The van der Waals surface area contributed by atoms with E-state index in [-0.39, 0.29) is 12.1 Å². The molecule has 2 aromatic carbocycles. The predicted octanol–water partition coefficient (Wildman–Crippen LogP) is 6.02. The number of ether oxygens (including phenoxy) is 1. The van der Waals surface area contributed by atoms with Crippen molar-refractivity contribution in [2.24, 2.45) is 15.6 Å². The number of benzene rings is 2. The lowest BCUT2D eigenvalue weighted by Gasteiger charge is -2.43. The zero-order valence-corrected chi connectivity index (χ0v) is 15.7. The van der Waals surface area contributed by atoms with E-state index >= 15 is 0 Å². The van der Waals surface area contributed by atoms with Crippen LogP contribution in [0.15, 0.2) is 64.7 Å². The summed E-state index contributed by atoms with van der Waals surface area (Å²) in [6.45, 7) is 4.86. The van der Waals surface area contributed by atoms with Gasteiger partial charge in [0, 0.05) is 35.6 Å². The molecule has 2 aliphatic heterocycles. The van der Waals surface area contributed by atoms with Crippen molar-refractivity contribution >= 4 is 23.3 Å². The molecule has 4 rings (SSSR count). The van der Waals surface area contributed by atoms with Crippen LogP contribution in [0, 0.1) is 5.92 Å². The summed E-state index contributed by atoms with van der Waals surface area (Å²) in [4.78, 5) is 0. The predicted molar refractivity (Wildman–Crippen MR) is 108 cm³/mol. The maximum Gasteiger partial charge on any atom is 0.0896 e. The second-order valence-corrected chi connectivity index (χ2v) is 7.27. The lowest BCUT2D eigenvalue weighted by molar-refractivity contribution is -0.0381. The Bertz CT molecular complexity index is 821. The molecular weight excluding hydrogens is 342 g/mol.